The van der Waals surface area contributed by atoms with Crippen LogP contribution in [0.4, 0.5) is 0 Å². The Morgan fingerprint density at radius 1 is 1.38 bits per heavy atom. The summed E-state index contributed by atoms with van der Waals surface area (Å²) in [5, 5.41) is 0. The van der Waals surface area contributed by atoms with E-state index in [9.17, 15) is 0 Å². The summed E-state index contributed by atoms with van der Waals surface area (Å²) < 4.78 is 0. The van der Waals surface area contributed by atoms with E-state index in [2.05, 4.69) is 34.3 Å². The Morgan fingerprint density at radius 2 is 1.92 bits per heavy atom. The van der Waals surface area contributed by atoms with Crippen molar-refractivity contribution in [2.75, 3.05) is 0 Å². The molecule has 78 valence electrons. The van der Waals surface area contributed by atoms with Crippen LogP contribution in [0.3, 0.4) is 0 Å². The van der Waals surface area contributed by atoms with E-state index in [-0.39, 0.29) is 0 Å². The van der Waals surface area contributed by atoms with Crippen LogP contribution >= 0.6 is 0 Å². The molecule has 0 aromatic rings. The molecule has 0 amide bonds. The van der Waals surface area contributed by atoms with Crippen LogP contribution in [0.25, 0.3) is 0 Å². The van der Waals surface area contributed by atoms with Crippen molar-refractivity contribution in [3.05, 3.63) is 12.7 Å². The number of rotatable bonds is 5. The molecule has 0 spiro atoms. The molecular weight excluding hydrogens is 158 g/mol. The Balaban J connectivity index is 3.77. The van der Waals surface area contributed by atoms with E-state index in [4.69, 9.17) is 5.73 Å². The molecule has 0 rings (SSSR count). The van der Waals surface area contributed by atoms with Gasteiger partial charge in [-0.25, -0.2) is 0 Å². The second kappa shape index (κ2) is 5.43. The van der Waals surface area contributed by atoms with Crippen molar-refractivity contribution in [3.8, 4) is 0 Å². The molecule has 0 saturated heterocycles. The van der Waals surface area contributed by atoms with Gasteiger partial charge in [0.05, 0.1) is 0 Å². The summed E-state index contributed by atoms with van der Waals surface area (Å²) in [6, 6.07) is 0.340. The van der Waals surface area contributed by atoms with Gasteiger partial charge in [-0.05, 0) is 30.6 Å². The number of hydrogen-bond acceptors (Lipinski definition) is 1. The lowest BCUT2D eigenvalue weighted by molar-refractivity contribution is 0.231. The maximum absolute atomic E-state index is 6.01. The van der Waals surface area contributed by atoms with Gasteiger partial charge in [0.15, 0.2) is 0 Å². The highest BCUT2D eigenvalue weighted by molar-refractivity contribution is 4.77. The molecule has 1 nitrogen and oxygen atoms in total. The Kier molecular flexibility index (Phi) is 5.31. The lowest BCUT2D eigenvalue weighted by Gasteiger charge is -2.29. The maximum Gasteiger partial charge on any atom is 0.00445 e. The Bertz CT molecular complexity index is 144. The van der Waals surface area contributed by atoms with E-state index < -0.39 is 0 Å². The summed E-state index contributed by atoms with van der Waals surface area (Å²) in [7, 11) is 0. The summed E-state index contributed by atoms with van der Waals surface area (Å²) in [4.78, 5) is 0. The maximum atomic E-state index is 6.01. The van der Waals surface area contributed by atoms with Gasteiger partial charge in [-0.3, -0.25) is 0 Å². The first-order valence-corrected chi connectivity index (χ1v) is 5.24. The summed E-state index contributed by atoms with van der Waals surface area (Å²) in [6.45, 7) is 12.8. The second-order valence-corrected chi connectivity index (χ2v) is 5.13. The number of nitrogens with two attached hydrogens (primary N) is 1. The monoisotopic (exact) mass is 183 g/mol. The molecular formula is C12H25N. The summed E-state index contributed by atoms with van der Waals surface area (Å²) in [6.07, 6.45) is 5.18. The van der Waals surface area contributed by atoms with Crippen molar-refractivity contribution in [2.24, 2.45) is 17.1 Å². The third kappa shape index (κ3) is 5.87. The average molecular weight is 183 g/mol. The van der Waals surface area contributed by atoms with Gasteiger partial charge in [0.25, 0.3) is 0 Å². The first kappa shape index (κ1) is 12.7. The van der Waals surface area contributed by atoms with E-state index in [1.54, 1.807) is 0 Å². The van der Waals surface area contributed by atoms with Crippen LogP contribution in [0.5, 0.6) is 0 Å². The zero-order valence-electron chi connectivity index (χ0n) is 9.64. The molecule has 0 aromatic heterocycles. The van der Waals surface area contributed by atoms with Crippen LogP contribution in [0.15, 0.2) is 12.7 Å². The van der Waals surface area contributed by atoms with E-state index in [1.807, 2.05) is 6.08 Å². The minimum absolute atomic E-state index is 0.340. The fourth-order valence-corrected chi connectivity index (χ4v) is 1.26. The van der Waals surface area contributed by atoms with Gasteiger partial charge >= 0.3 is 0 Å². The van der Waals surface area contributed by atoms with Crippen LogP contribution in [-0.4, -0.2) is 6.04 Å². The normalized spacial score (nSPS) is 16.7. The molecule has 0 aliphatic rings. The first-order chi connectivity index (χ1) is 5.88. The quantitative estimate of drug-likeness (QED) is 0.650. The van der Waals surface area contributed by atoms with Gasteiger partial charge in [-0.2, -0.15) is 0 Å². The van der Waals surface area contributed by atoms with Crippen molar-refractivity contribution in [3.63, 3.8) is 0 Å². The third-order valence-corrected chi connectivity index (χ3v) is 2.88. The van der Waals surface area contributed by atoms with Gasteiger partial charge in [0.2, 0.25) is 0 Å². The molecule has 0 aliphatic heterocycles. The highest BCUT2D eigenvalue weighted by Crippen LogP contribution is 2.29. The molecule has 2 atom stereocenters. The van der Waals surface area contributed by atoms with Crippen molar-refractivity contribution >= 4 is 0 Å². The van der Waals surface area contributed by atoms with Crippen molar-refractivity contribution < 1.29 is 0 Å². The van der Waals surface area contributed by atoms with Crippen LogP contribution in [-0.2, 0) is 0 Å². The Labute approximate surface area is 83.4 Å². The van der Waals surface area contributed by atoms with Gasteiger partial charge in [-0.15, -0.1) is 6.58 Å². The van der Waals surface area contributed by atoms with Crippen LogP contribution in [0, 0.1) is 11.3 Å². The Morgan fingerprint density at radius 3 is 2.31 bits per heavy atom. The molecule has 0 bridgehead atoms. The predicted octanol–water partition coefficient (Wildman–Crippen LogP) is 3.35. The van der Waals surface area contributed by atoms with Gasteiger partial charge < -0.3 is 5.73 Å². The lowest BCUT2D eigenvalue weighted by atomic mass is 9.78. The smallest absolute Gasteiger partial charge is 0.00445 e. The first-order valence-electron chi connectivity index (χ1n) is 5.24. The second-order valence-electron chi connectivity index (χ2n) is 5.13. The summed E-state index contributed by atoms with van der Waals surface area (Å²) in [5.74, 6) is 0.687. The molecule has 0 aromatic carbocycles. The standard InChI is InChI=1S/C12H25N/c1-6-7-8-11(13)9-10(2)12(3,4)5/h6,10-11H,1,7-9,13H2,2-5H3. The van der Waals surface area contributed by atoms with Crippen molar-refractivity contribution in [2.45, 2.75) is 53.0 Å². The molecule has 13 heavy (non-hydrogen) atoms. The molecule has 0 saturated carbocycles. The van der Waals surface area contributed by atoms with Crippen molar-refractivity contribution in [1.29, 1.82) is 0 Å². The topological polar surface area (TPSA) is 26.0 Å². The van der Waals surface area contributed by atoms with E-state index in [0.717, 1.165) is 19.3 Å². The molecule has 2 unspecified atom stereocenters. The number of allylic oxidation sites excluding steroid dienone is 1. The minimum Gasteiger partial charge on any atom is -0.328 e. The highest BCUT2D eigenvalue weighted by Gasteiger charge is 2.21. The Hall–Kier alpha value is -0.300. The van der Waals surface area contributed by atoms with Gasteiger partial charge in [0, 0.05) is 6.04 Å². The number of hydrogen-bond donors (Lipinski definition) is 1. The van der Waals surface area contributed by atoms with Crippen LogP contribution in [0.2, 0.25) is 0 Å². The molecule has 0 aliphatic carbocycles. The molecule has 2 N–H and O–H groups in total. The van der Waals surface area contributed by atoms with Crippen LogP contribution < -0.4 is 5.73 Å². The van der Waals surface area contributed by atoms with Gasteiger partial charge in [-0.1, -0.05) is 33.8 Å². The highest BCUT2D eigenvalue weighted by atomic mass is 14.6. The minimum atomic E-state index is 0.340. The van der Waals surface area contributed by atoms with E-state index in [1.165, 1.54) is 0 Å². The zero-order valence-corrected chi connectivity index (χ0v) is 9.64. The zero-order chi connectivity index (χ0) is 10.5. The van der Waals surface area contributed by atoms with Crippen molar-refractivity contribution in [1.82, 2.24) is 0 Å². The van der Waals surface area contributed by atoms with Crippen LogP contribution in [0.1, 0.15) is 47.0 Å². The molecule has 1 heteroatoms. The molecule has 0 heterocycles. The fraction of sp³-hybridized carbons (Fsp3) is 0.833. The summed E-state index contributed by atoms with van der Waals surface area (Å²) >= 11 is 0. The fourth-order valence-electron chi connectivity index (χ4n) is 1.26. The van der Waals surface area contributed by atoms with E-state index in [0.29, 0.717) is 17.4 Å². The van der Waals surface area contributed by atoms with E-state index >= 15 is 0 Å². The van der Waals surface area contributed by atoms with Gasteiger partial charge in [0.1, 0.15) is 0 Å². The average Bonchev–Trinajstić information content (AvgIpc) is 1.99. The molecule has 0 radical (unpaired) electrons. The lowest BCUT2D eigenvalue weighted by Crippen LogP contribution is -2.28. The third-order valence-electron chi connectivity index (χ3n) is 2.88. The summed E-state index contributed by atoms with van der Waals surface area (Å²) in [5.41, 5.74) is 6.39. The molecule has 0 fully saturated rings. The SMILES string of the molecule is C=CCCC(N)CC(C)C(C)(C)C. The predicted molar refractivity (Wildman–Crippen MR) is 60.6 cm³/mol. The largest absolute Gasteiger partial charge is 0.328 e.